The molecule has 9 nitrogen and oxygen atoms in total. The van der Waals surface area contributed by atoms with Crippen LogP contribution in [-0.2, 0) is 14.8 Å². The highest BCUT2D eigenvalue weighted by Crippen LogP contribution is 2.33. The molecule has 0 atom stereocenters. The number of hydrogen-bond donors (Lipinski definition) is 1. The topological polar surface area (TPSA) is 102 Å². The van der Waals surface area contributed by atoms with E-state index < -0.39 is 22.5 Å². The fourth-order valence-corrected chi connectivity index (χ4v) is 5.89. The Kier molecular flexibility index (Phi) is 8.59. The number of hydrogen-bond acceptors (Lipinski definition) is 6. The van der Waals surface area contributed by atoms with Crippen molar-refractivity contribution in [3.63, 3.8) is 0 Å². The first-order valence-corrected chi connectivity index (χ1v) is 14.0. The molecule has 0 aliphatic heterocycles. The highest BCUT2D eigenvalue weighted by atomic mass is 32.2. The molecular formula is C30H32N4O5S. The van der Waals surface area contributed by atoms with E-state index in [4.69, 9.17) is 9.47 Å². The van der Waals surface area contributed by atoms with Crippen molar-refractivity contribution in [3.8, 4) is 17.2 Å². The number of carbonyl (C=O) groups is 1. The van der Waals surface area contributed by atoms with Crippen LogP contribution in [-0.4, -0.2) is 45.9 Å². The molecule has 3 aromatic carbocycles. The van der Waals surface area contributed by atoms with E-state index in [0.717, 1.165) is 32.5 Å². The number of amides is 1. The van der Waals surface area contributed by atoms with Crippen LogP contribution in [0, 0.1) is 20.8 Å². The van der Waals surface area contributed by atoms with E-state index in [1.807, 2.05) is 38.1 Å². The van der Waals surface area contributed by atoms with Crippen LogP contribution in [0.5, 0.6) is 11.5 Å². The Morgan fingerprint density at radius 1 is 0.925 bits per heavy atom. The molecule has 0 aliphatic rings. The molecule has 0 fully saturated rings. The number of aryl methyl sites for hydroxylation is 2. The van der Waals surface area contributed by atoms with Crippen LogP contribution in [0.2, 0.25) is 0 Å². The van der Waals surface area contributed by atoms with Crippen LogP contribution in [0.1, 0.15) is 22.5 Å². The summed E-state index contributed by atoms with van der Waals surface area (Å²) in [6.07, 6.45) is 1.56. The van der Waals surface area contributed by atoms with Crippen LogP contribution in [0.4, 0.5) is 5.69 Å². The van der Waals surface area contributed by atoms with Gasteiger partial charge in [0, 0.05) is 28.7 Å². The number of benzene rings is 3. The van der Waals surface area contributed by atoms with E-state index >= 15 is 0 Å². The van der Waals surface area contributed by atoms with Crippen molar-refractivity contribution in [2.75, 3.05) is 25.1 Å². The second-order valence-electron chi connectivity index (χ2n) is 9.11. The molecule has 0 saturated carbocycles. The first kappa shape index (κ1) is 28.4. The number of ether oxygens (including phenoxy) is 2. The number of sulfonamides is 1. The van der Waals surface area contributed by atoms with E-state index in [1.165, 1.54) is 32.4 Å². The minimum atomic E-state index is -4.09. The van der Waals surface area contributed by atoms with Crippen LogP contribution < -0.4 is 19.2 Å². The molecule has 0 spiro atoms. The summed E-state index contributed by atoms with van der Waals surface area (Å²) in [5.74, 6) is 0.148. The van der Waals surface area contributed by atoms with Crippen molar-refractivity contribution in [2.45, 2.75) is 25.7 Å². The number of para-hydroxylation sites is 1. The van der Waals surface area contributed by atoms with E-state index in [9.17, 15) is 13.2 Å². The maximum absolute atomic E-state index is 13.6. The van der Waals surface area contributed by atoms with Gasteiger partial charge in [-0.25, -0.2) is 13.8 Å². The van der Waals surface area contributed by atoms with Gasteiger partial charge in [0.15, 0.2) is 11.5 Å². The normalized spacial score (nSPS) is 11.4. The Bertz CT molecular complexity index is 1650. The number of carbonyl (C=O) groups excluding carboxylic acids is 1. The average molecular weight is 561 g/mol. The Hall–Kier alpha value is -4.57. The fourth-order valence-electron chi connectivity index (χ4n) is 4.46. The number of nitrogens with one attached hydrogen (secondary N) is 1. The Balaban J connectivity index is 1.59. The first-order valence-electron chi connectivity index (χ1n) is 12.5. The van der Waals surface area contributed by atoms with Gasteiger partial charge in [-0.1, -0.05) is 36.4 Å². The monoisotopic (exact) mass is 560 g/mol. The predicted molar refractivity (Wildman–Crippen MR) is 156 cm³/mol. The van der Waals surface area contributed by atoms with Gasteiger partial charge in [-0.05, 0) is 62.7 Å². The molecule has 1 N–H and O–H groups in total. The number of aromatic nitrogens is 1. The molecular weight excluding hydrogens is 528 g/mol. The van der Waals surface area contributed by atoms with Crippen molar-refractivity contribution in [1.82, 2.24) is 9.99 Å². The highest BCUT2D eigenvalue weighted by molar-refractivity contribution is 7.92. The predicted octanol–water partition coefficient (Wildman–Crippen LogP) is 4.77. The zero-order valence-corrected chi connectivity index (χ0v) is 23.9. The number of hydrazone groups is 1. The summed E-state index contributed by atoms with van der Waals surface area (Å²) in [5.41, 5.74) is 7.72. The molecule has 0 aliphatic carbocycles. The van der Waals surface area contributed by atoms with E-state index in [1.54, 1.807) is 36.5 Å². The maximum Gasteiger partial charge on any atom is 0.264 e. The zero-order valence-electron chi connectivity index (χ0n) is 23.1. The van der Waals surface area contributed by atoms with E-state index in [0.29, 0.717) is 11.5 Å². The molecule has 4 rings (SSSR count). The lowest BCUT2D eigenvalue weighted by Gasteiger charge is -2.24. The van der Waals surface area contributed by atoms with Gasteiger partial charge >= 0.3 is 0 Å². The summed E-state index contributed by atoms with van der Waals surface area (Å²) in [5, 5.41) is 4.13. The standard InChI is InChI=1S/C30H32N4O5S/c1-21-11-9-10-14-27(21)34-22(2)17-24(23(34)3)19-31-32-30(35)20-33(40(36,37)26-12-7-6-8-13-26)25-15-16-28(38-4)29(18-25)39-5/h6-19H,20H2,1-5H3,(H,32,35)/b31-19-. The lowest BCUT2D eigenvalue weighted by atomic mass is 10.2. The van der Waals surface area contributed by atoms with Gasteiger partial charge in [0.2, 0.25) is 0 Å². The number of anilines is 1. The Morgan fingerprint density at radius 3 is 2.27 bits per heavy atom. The minimum absolute atomic E-state index is 0.0460. The SMILES string of the molecule is COc1ccc(N(CC(=O)N/N=C\c2cc(C)n(-c3ccccc3C)c2C)S(=O)(=O)c2ccccc2)cc1OC. The molecule has 208 valence electrons. The third-order valence-electron chi connectivity index (χ3n) is 6.49. The van der Waals surface area contributed by atoms with Crippen molar-refractivity contribution in [3.05, 3.63) is 101 Å². The molecule has 0 unspecified atom stereocenters. The van der Waals surface area contributed by atoms with Gasteiger partial charge in [-0.3, -0.25) is 9.10 Å². The van der Waals surface area contributed by atoms with Gasteiger partial charge < -0.3 is 14.0 Å². The van der Waals surface area contributed by atoms with Crippen molar-refractivity contribution < 1.29 is 22.7 Å². The second kappa shape index (κ2) is 12.1. The summed E-state index contributed by atoms with van der Waals surface area (Å²) in [6.45, 7) is 5.53. The van der Waals surface area contributed by atoms with Gasteiger partial charge in [-0.2, -0.15) is 5.10 Å². The summed E-state index contributed by atoms with van der Waals surface area (Å²) < 4.78 is 41.0. The lowest BCUT2D eigenvalue weighted by molar-refractivity contribution is -0.119. The van der Waals surface area contributed by atoms with Crippen molar-refractivity contribution in [1.29, 1.82) is 0 Å². The van der Waals surface area contributed by atoms with E-state index in [-0.39, 0.29) is 10.6 Å². The quantitative estimate of drug-likeness (QED) is 0.223. The number of rotatable bonds is 10. The Morgan fingerprint density at radius 2 is 1.60 bits per heavy atom. The molecule has 0 saturated heterocycles. The van der Waals surface area contributed by atoms with Crippen LogP contribution in [0.15, 0.2) is 88.9 Å². The molecule has 1 heterocycles. The third-order valence-corrected chi connectivity index (χ3v) is 8.28. The zero-order chi connectivity index (χ0) is 28.9. The molecule has 1 aromatic heterocycles. The van der Waals surface area contributed by atoms with Crippen LogP contribution in [0.3, 0.4) is 0 Å². The van der Waals surface area contributed by atoms with Gasteiger partial charge in [0.25, 0.3) is 15.9 Å². The summed E-state index contributed by atoms with van der Waals surface area (Å²) >= 11 is 0. The number of nitrogens with zero attached hydrogens (tertiary/aromatic N) is 3. The summed E-state index contributed by atoms with van der Waals surface area (Å²) in [4.78, 5) is 13.0. The average Bonchev–Trinajstić information content (AvgIpc) is 3.24. The summed E-state index contributed by atoms with van der Waals surface area (Å²) in [6, 6.07) is 22.6. The largest absolute Gasteiger partial charge is 0.493 e. The molecule has 0 radical (unpaired) electrons. The number of methoxy groups -OCH3 is 2. The minimum Gasteiger partial charge on any atom is -0.493 e. The molecule has 10 heteroatoms. The van der Waals surface area contributed by atoms with Crippen molar-refractivity contribution in [2.24, 2.45) is 5.10 Å². The van der Waals surface area contributed by atoms with Crippen molar-refractivity contribution >= 4 is 27.8 Å². The Labute approximate surface area is 234 Å². The molecule has 4 aromatic rings. The lowest BCUT2D eigenvalue weighted by Crippen LogP contribution is -2.39. The van der Waals surface area contributed by atoms with Crippen LogP contribution >= 0.6 is 0 Å². The molecule has 1 amide bonds. The first-order chi connectivity index (χ1) is 19.2. The van der Waals surface area contributed by atoms with Gasteiger partial charge in [-0.15, -0.1) is 0 Å². The van der Waals surface area contributed by atoms with Gasteiger partial charge in [0.1, 0.15) is 6.54 Å². The summed E-state index contributed by atoms with van der Waals surface area (Å²) in [7, 11) is -1.15. The van der Waals surface area contributed by atoms with Gasteiger partial charge in [0.05, 0.1) is 31.0 Å². The third kappa shape index (κ3) is 5.86. The maximum atomic E-state index is 13.6. The highest BCUT2D eigenvalue weighted by Gasteiger charge is 2.28. The van der Waals surface area contributed by atoms with E-state index in [2.05, 4.69) is 28.1 Å². The second-order valence-corrected chi connectivity index (χ2v) is 11.0. The molecule has 0 bridgehead atoms. The smallest absolute Gasteiger partial charge is 0.264 e. The molecule has 40 heavy (non-hydrogen) atoms. The van der Waals surface area contributed by atoms with Crippen LogP contribution in [0.25, 0.3) is 5.69 Å². The fraction of sp³-hybridized carbons (Fsp3) is 0.200.